The van der Waals surface area contributed by atoms with Gasteiger partial charge in [-0.05, 0) is 12.8 Å². The van der Waals surface area contributed by atoms with E-state index in [0.717, 1.165) is 32.6 Å². The van der Waals surface area contributed by atoms with Crippen molar-refractivity contribution in [2.24, 2.45) is 0 Å². The van der Waals surface area contributed by atoms with Crippen molar-refractivity contribution in [1.29, 1.82) is 0 Å². The molecule has 19 heavy (non-hydrogen) atoms. The molecule has 0 bridgehead atoms. The normalized spacial score (nSPS) is 30.7. The maximum Gasteiger partial charge on any atom is 0.246 e. The van der Waals surface area contributed by atoms with Gasteiger partial charge in [0.1, 0.15) is 6.04 Å². The van der Waals surface area contributed by atoms with Crippen LogP contribution in [0.2, 0.25) is 0 Å². The summed E-state index contributed by atoms with van der Waals surface area (Å²) in [5.74, 6) is 0.162. The maximum absolute atomic E-state index is 12.2. The van der Waals surface area contributed by atoms with E-state index < -0.39 is 0 Å². The van der Waals surface area contributed by atoms with Crippen LogP contribution in [0.5, 0.6) is 0 Å². The van der Waals surface area contributed by atoms with Crippen LogP contribution in [0.3, 0.4) is 0 Å². The zero-order valence-corrected chi connectivity index (χ0v) is 11.4. The van der Waals surface area contributed by atoms with Gasteiger partial charge in [0.05, 0.1) is 6.54 Å². The summed E-state index contributed by atoms with van der Waals surface area (Å²) in [7, 11) is 1.71. The number of amides is 2. The SMILES string of the molecule is CN1CC(=O)N2CCN(C3CCOCC3)CC2C1=O. The van der Waals surface area contributed by atoms with Crippen LogP contribution in [0.4, 0.5) is 0 Å². The largest absolute Gasteiger partial charge is 0.381 e. The highest BCUT2D eigenvalue weighted by molar-refractivity contribution is 5.95. The summed E-state index contributed by atoms with van der Waals surface area (Å²) in [6.07, 6.45) is 2.06. The molecular weight excluding hydrogens is 246 g/mol. The Morgan fingerprint density at radius 1 is 1.16 bits per heavy atom. The summed E-state index contributed by atoms with van der Waals surface area (Å²) in [5, 5.41) is 0. The van der Waals surface area contributed by atoms with Crippen molar-refractivity contribution in [2.45, 2.75) is 24.9 Å². The van der Waals surface area contributed by atoms with Crippen LogP contribution in [0.15, 0.2) is 0 Å². The summed E-state index contributed by atoms with van der Waals surface area (Å²) in [6.45, 7) is 4.08. The van der Waals surface area contributed by atoms with Gasteiger partial charge in [0.15, 0.2) is 0 Å². The van der Waals surface area contributed by atoms with Gasteiger partial charge in [0, 0.05) is 45.9 Å². The summed E-state index contributed by atoms with van der Waals surface area (Å²) < 4.78 is 5.39. The molecule has 0 aromatic rings. The van der Waals surface area contributed by atoms with Crippen molar-refractivity contribution in [3.05, 3.63) is 0 Å². The molecule has 0 spiro atoms. The van der Waals surface area contributed by atoms with Crippen LogP contribution >= 0.6 is 0 Å². The van der Waals surface area contributed by atoms with Gasteiger partial charge in [-0.2, -0.15) is 0 Å². The predicted octanol–water partition coefficient (Wildman–Crippen LogP) is -0.850. The number of fused-ring (bicyclic) bond motifs is 1. The van der Waals surface area contributed by atoms with Crippen LogP contribution in [0, 0.1) is 0 Å². The number of hydrogen-bond donors (Lipinski definition) is 0. The van der Waals surface area contributed by atoms with Gasteiger partial charge in [-0.3, -0.25) is 14.5 Å². The molecule has 3 saturated heterocycles. The summed E-state index contributed by atoms with van der Waals surface area (Å²) >= 11 is 0. The minimum Gasteiger partial charge on any atom is -0.381 e. The van der Waals surface area contributed by atoms with E-state index in [1.54, 1.807) is 16.8 Å². The van der Waals surface area contributed by atoms with E-state index in [2.05, 4.69) is 4.90 Å². The average molecular weight is 267 g/mol. The molecule has 1 unspecified atom stereocenters. The molecule has 6 nitrogen and oxygen atoms in total. The fourth-order valence-corrected chi connectivity index (χ4v) is 3.32. The quantitative estimate of drug-likeness (QED) is 0.621. The Balaban J connectivity index is 1.70. The maximum atomic E-state index is 12.2. The van der Waals surface area contributed by atoms with Crippen LogP contribution in [0.25, 0.3) is 0 Å². The highest BCUT2D eigenvalue weighted by atomic mass is 16.5. The van der Waals surface area contributed by atoms with Gasteiger partial charge in [0.25, 0.3) is 0 Å². The van der Waals surface area contributed by atoms with Crippen molar-refractivity contribution in [3.8, 4) is 0 Å². The lowest BCUT2D eigenvalue weighted by molar-refractivity contribution is -0.159. The molecule has 3 heterocycles. The zero-order valence-electron chi connectivity index (χ0n) is 11.4. The number of carbonyl (C=O) groups is 2. The fraction of sp³-hybridized carbons (Fsp3) is 0.846. The smallest absolute Gasteiger partial charge is 0.246 e. The van der Waals surface area contributed by atoms with E-state index in [1.165, 1.54) is 0 Å². The minimum atomic E-state index is -0.275. The highest BCUT2D eigenvalue weighted by Crippen LogP contribution is 2.22. The third-order valence-electron chi connectivity index (χ3n) is 4.47. The molecule has 3 aliphatic rings. The number of piperazine rings is 2. The van der Waals surface area contributed by atoms with Gasteiger partial charge in [0.2, 0.25) is 11.8 Å². The second-order valence-corrected chi connectivity index (χ2v) is 5.64. The molecule has 2 amide bonds. The molecule has 3 rings (SSSR count). The molecule has 3 fully saturated rings. The van der Waals surface area contributed by atoms with E-state index in [9.17, 15) is 9.59 Å². The molecule has 0 aromatic carbocycles. The van der Waals surface area contributed by atoms with Gasteiger partial charge in [-0.15, -0.1) is 0 Å². The first kappa shape index (κ1) is 12.9. The molecule has 1 atom stereocenters. The Hall–Kier alpha value is -1.14. The molecular formula is C13H21N3O3. The summed E-state index contributed by atoms with van der Waals surface area (Å²) in [5.41, 5.74) is 0. The van der Waals surface area contributed by atoms with Gasteiger partial charge < -0.3 is 14.5 Å². The third kappa shape index (κ3) is 2.34. The van der Waals surface area contributed by atoms with Crippen molar-refractivity contribution in [1.82, 2.24) is 14.7 Å². The first-order valence-electron chi connectivity index (χ1n) is 7.03. The number of nitrogens with zero attached hydrogens (tertiary/aromatic N) is 3. The lowest BCUT2D eigenvalue weighted by Crippen LogP contribution is -2.67. The fourth-order valence-electron chi connectivity index (χ4n) is 3.32. The van der Waals surface area contributed by atoms with Crippen LogP contribution < -0.4 is 0 Å². The standard InChI is InChI=1S/C13H21N3O3/c1-14-9-12(17)16-5-4-15(8-11(16)13(14)18)10-2-6-19-7-3-10/h10-11H,2-9H2,1H3. The Labute approximate surface area is 113 Å². The minimum absolute atomic E-state index is 0.0800. The number of carbonyl (C=O) groups excluding carboxylic acids is 2. The molecule has 0 aromatic heterocycles. The second-order valence-electron chi connectivity index (χ2n) is 5.64. The second kappa shape index (κ2) is 5.09. The Morgan fingerprint density at radius 2 is 1.89 bits per heavy atom. The average Bonchev–Trinajstić information content (AvgIpc) is 2.45. The molecule has 0 radical (unpaired) electrons. The van der Waals surface area contributed by atoms with E-state index in [4.69, 9.17) is 4.74 Å². The predicted molar refractivity (Wildman–Crippen MR) is 68.6 cm³/mol. The first-order chi connectivity index (χ1) is 9.16. The monoisotopic (exact) mass is 267 g/mol. The Morgan fingerprint density at radius 3 is 2.63 bits per heavy atom. The topological polar surface area (TPSA) is 53.1 Å². The van der Waals surface area contributed by atoms with E-state index in [1.807, 2.05) is 0 Å². The highest BCUT2D eigenvalue weighted by Gasteiger charge is 2.42. The van der Waals surface area contributed by atoms with Crippen LogP contribution in [-0.4, -0.2) is 85.0 Å². The Kier molecular flexibility index (Phi) is 3.45. The number of likely N-dealkylation sites (N-methyl/N-ethyl adjacent to an activating group) is 1. The van der Waals surface area contributed by atoms with Crippen LogP contribution in [0.1, 0.15) is 12.8 Å². The molecule has 106 valence electrons. The molecule has 3 aliphatic heterocycles. The van der Waals surface area contributed by atoms with E-state index in [-0.39, 0.29) is 24.4 Å². The van der Waals surface area contributed by atoms with Gasteiger partial charge in [-0.25, -0.2) is 0 Å². The Bertz CT molecular complexity index is 381. The third-order valence-corrected chi connectivity index (χ3v) is 4.47. The number of ether oxygens (including phenoxy) is 1. The van der Waals surface area contributed by atoms with Crippen LogP contribution in [-0.2, 0) is 14.3 Å². The molecule has 0 saturated carbocycles. The van der Waals surface area contributed by atoms with Crippen molar-refractivity contribution >= 4 is 11.8 Å². The van der Waals surface area contributed by atoms with Crippen molar-refractivity contribution in [2.75, 3.05) is 46.4 Å². The van der Waals surface area contributed by atoms with E-state index >= 15 is 0 Å². The lowest BCUT2D eigenvalue weighted by atomic mass is 10.0. The van der Waals surface area contributed by atoms with E-state index in [0.29, 0.717) is 19.1 Å². The zero-order chi connectivity index (χ0) is 13.4. The van der Waals surface area contributed by atoms with Crippen molar-refractivity contribution in [3.63, 3.8) is 0 Å². The summed E-state index contributed by atoms with van der Waals surface area (Å²) in [6, 6.07) is 0.230. The van der Waals surface area contributed by atoms with Gasteiger partial charge in [-0.1, -0.05) is 0 Å². The first-order valence-corrected chi connectivity index (χ1v) is 7.03. The molecule has 0 N–H and O–H groups in total. The summed E-state index contributed by atoms with van der Waals surface area (Å²) in [4.78, 5) is 29.9. The molecule has 0 aliphatic carbocycles. The molecule has 6 heteroatoms. The number of rotatable bonds is 1. The van der Waals surface area contributed by atoms with Crippen molar-refractivity contribution < 1.29 is 14.3 Å². The lowest BCUT2D eigenvalue weighted by Gasteiger charge is -2.47. The van der Waals surface area contributed by atoms with Gasteiger partial charge >= 0.3 is 0 Å². The number of hydrogen-bond acceptors (Lipinski definition) is 4.